The van der Waals surface area contributed by atoms with Gasteiger partial charge >= 0.3 is 5.97 Å². The fourth-order valence-electron chi connectivity index (χ4n) is 2.32. The number of benzene rings is 2. The molecule has 0 heterocycles. The van der Waals surface area contributed by atoms with Crippen molar-refractivity contribution in [1.29, 1.82) is 0 Å². The Kier molecular flexibility index (Phi) is 4.76. The van der Waals surface area contributed by atoms with Gasteiger partial charge in [0.25, 0.3) is 0 Å². The molecule has 2 aromatic carbocycles. The molecule has 0 aromatic heterocycles. The molecule has 110 valence electrons. The van der Waals surface area contributed by atoms with E-state index >= 15 is 0 Å². The molecule has 0 atom stereocenters. The third-order valence-electron chi connectivity index (χ3n) is 3.50. The van der Waals surface area contributed by atoms with Gasteiger partial charge in [-0.25, -0.2) is 4.79 Å². The van der Waals surface area contributed by atoms with Gasteiger partial charge in [-0.05, 0) is 54.7 Å². The van der Waals surface area contributed by atoms with E-state index in [2.05, 4.69) is 6.92 Å². The third kappa shape index (κ3) is 3.50. The first kappa shape index (κ1) is 15.3. The molecule has 0 saturated heterocycles. The number of aryl methyl sites for hydroxylation is 3. The van der Waals surface area contributed by atoms with Crippen LogP contribution in [0.4, 0.5) is 0 Å². The Morgan fingerprint density at radius 1 is 1.05 bits per heavy atom. The van der Waals surface area contributed by atoms with Gasteiger partial charge < -0.3 is 9.84 Å². The SMILES string of the molecule is CCc1ccc(C(=O)Oc2c(C)cc(CO)cc2C)cc1. The van der Waals surface area contributed by atoms with E-state index in [1.807, 2.05) is 38.1 Å². The van der Waals surface area contributed by atoms with Gasteiger partial charge in [0.15, 0.2) is 0 Å². The van der Waals surface area contributed by atoms with Crippen LogP contribution in [-0.4, -0.2) is 11.1 Å². The maximum atomic E-state index is 12.2. The minimum atomic E-state index is -0.361. The van der Waals surface area contributed by atoms with Gasteiger partial charge in [-0.15, -0.1) is 0 Å². The van der Waals surface area contributed by atoms with Crippen molar-refractivity contribution in [1.82, 2.24) is 0 Å². The number of hydrogen-bond donors (Lipinski definition) is 1. The summed E-state index contributed by atoms with van der Waals surface area (Å²) in [6, 6.07) is 11.1. The molecule has 2 rings (SSSR count). The Hall–Kier alpha value is -2.13. The summed E-state index contributed by atoms with van der Waals surface area (Å²) in [6.07, 6.45) is 0.941. The topological polar surface area (TPSA) is 46.5 Å². The van der Waals surface area contributed by atoms with E-state index < -0.39 is 0 Å². The summed E-state index contributed by atoms with van der Waals surface area (Å²) in [7, 11) is 0. The molecule has 3 nitrogen and oxygen atoms in total. The van der Waals surface area contributed by atoms with E-state index in [9.17, 15) is 9.90 Å². The van der Waals surface area contributed by atoms with Crippen molar-refractivity contribution in [2.75, 3.05) is 0 Å². The van der Waals surface area contributed by atoms with E-state index in [1.165, 1.54) is 5.56 Å². The van der Waals surface area contributed by atoms with E-state index in [0.29, 0.717) is 11.3 Å². The smallest absolute Gasteiger partial charge is 0.343 e. The Morgan fingerprint density at radius 3 is 2.10 bits per heavy atom. The van der Waals surface area contributed by atoms with Crippen LogP contribution in [0.25, 0.3) is 0 Å². The lowest BCUT2D eigenvalue weighted by molar-refractivity contribution is 0.0732. The second-order valence-electron chi connectivity index (χ2n) is 5.16. The summed E-state index contributed by atoms with van der Waals surface area (Å²) in [5, 5.41) is 9.18. The zero-order valence-corrected chi connectivity index (χ0v) is 12.6. The third-order valence-corrected chi connectivity index (χ3v) is 3.50. The lowest BCUT2D eigenvalue weighted by atomic mass is 10.1. The van der Waals surface area contributed by atoms with Crippen molar-refractivity contribution in [2.24, 2.45) is 0 Å². The predicted molar refractivity (Wildman–Crippen MR) is 82.6 cm³/mol. The number of aliphatic hydroxyl groups excluding tert-OH is 1. The summed E-state index contributed by atoms with van der Waals surface area (Å²) in [5.74, 6) is 0.206. The summed E-state index contributed by atoms with van der Waals surface area (Å²) in [5.41, 5.74) is 4.23. The van der Waals surface area contributed by atoms with Crippen LogP contribution in [-0.2, 0) is 13.0 Å². The average molecular weight is 284 g/mol. The molecule has 0 radical (unpaired) electrons. The fraction of sp³-hybridized carbons (Fsp3) is 0.278. The maximum Gasteiger partial charge on any atom is 0.343 e. The van der Waals surface area contributed by atoms with Gasteiger partial charge in [0.05, 0.1) is 12.2 Å². The summed E-state index contributed by atoms with van der Waals surface area (Å²) in [4.78, 5) is 12.2. The molecule has 2 aromatic rings. The van der Waals surface area contributed by atoms with Crippen LogP contribution >= 0.6 is 0 Å². The number of carbonyl (C=O) groups excluding carboxylic acids is 1. The molecule has 21 heavy (non-hydrogen) atoms. The molecule has 0 bridgehead atoms. The first-order valence-electron chi connectivity index (χ1n) is 7.07. The largest absolute Gasteiger partial charge is 0.422 e. The number of ether oxygens (including phenoxy) is 1. The first-order valence-corrected chi connectivity index (χ1v) is 7.07. The molecule has 0 unspecified atom stereocenters. The summed E-state index contributed by atoms with van der Waals surface area (Å²) in [6.45, 7) is 5.79. The molecule has 0 aliphatic carbocycles. The minimum absolute atomic E-state index is 0.0195. The molecule has 0 aliphatic heterocycles. The monoisotopic (exact) mass is 284 g/mol. The maximum absolute atomic E-state index is 12.2. The highest BCUT2D eigenvalue weighted by molar-refractivity contribution is 5.91. The lowest BCUT2D eigenvalue weighted by Crippen LogP contribution is -2.10. The van der Waals surface area contributed by atoms with E-state index in [0.717, 1.165) is 23.1 Å². The molecule has 3 heteroatoms. The number of esters is 1. The molecule has 0 amide bonds. The molecule has 0 aliphatic rings. The minimum Gasteiger partial charge on any atom is -0.422 e. The predicted octanol–water partition coefficient (Wildman–Crippen LogP) is 3.58. The van der Waals surface area contributed by atoms with Crippen LogP contribution in [0, 0.1) is 13.8 Å². The van der Waals surface area contributed by atoms with Crippen LogP contribution in [0.15, 0.2) is 36.4 Å². The van der Waals surface area contributed by atoms with Gasteiger partial charge in [-0.3, -0.25) is 0 Å². The van der Waals surface area contributed by atoms with Crippen molar-refractivity contribution in [3.05, 3.63) is 64.2 Å². The van der Waals surface area contributed by atoms with Crippen LogP contribution in [0.5, 0.6) is 5.75 Å². The van der Waals surface area contributed by atoms with E-state index in [1.54, 1.807) is 12.1 Å². The molecule has 0 saturated carbocycles. The van der Waals surface area contributed by atoms with Gasteiger partial charge in [-0.1, -0.05) is 31.2 Å². The first-order chi connectivity index (χ1) is 10.0. The normalized spacial score (nSPS) is 10.5. The van der Waals surface area contributed by atoms with E-state index in [4.69, 9.17) is 4.74 Å². The molecular formula is C18H20O3. The van der Waals surface area contributed by atoms with Crippen LogP contribution in [0.3, 0.4) is 0 Å². The van der Waals surface area contributed by atoms with Crippen molar-refractivity contribution in [2.45, 2.75) is 33.8 Å². The standard InChI is InChI=1S/C18H20O3/c1-4-14-5-7-16(8-6-14)18(20)21-17-12(2)9-15(11-19)10-13(17)3/h5-10,19H,4,11H2,1-3H3. The van der Waals surface area contributed by atoms with E-state index in [-0.39, 0.29) is 12.6 Å². The highest BCUT2D eigenvalue weighted by atomic mass is 16.5. The highest BCUT2D eigenvalue weighted by Gasteiger charge is 2.13. The fourth-order valence-corrected chi connectivity index (χ4v) is 2.32. The van der Waals surface area contributed by atoms with Crippen LogP contribution < -0.4 is 4.74 Å². The quantitative estimate of drug-likeness (QED) is 0.689. The van der Waals surface area contributed by atoms with Crippen LogP contribution in [0.2, 0.25) is 0 Å². The van der Waals surface area contributed by atoms with Crippen molar-refractivity contribution < 1.29 is 14.6 Å². The second-order valence-corrected chi connectivity index (χ2v) is 5.16. The lowest BCUT2D eigenvalue weighted by Gasteiger charge is -2.12. The highest BCUT2D eigenvalue weighted by Crippen LogP contribution is 2.26. The van der Waals surface area contributed by atoms with Crippen molar-refractivity contribution in [3.63, 3.8) is 0 Å². The molecule has 0 fully saturated rings. The summed E-state index contributed by atoms with van der Waals surface area (Å²) < 4.78 is 5.51. The number of hydrogen-bond acceptors (Lipinski definition) is 3. The van der Waals surface area contributed by atoms with Gasteiger partial charge in [0.2, 0.25) is 0 Å². The second kappa shape index (κ2) is 6.55. The Bertz CT molecular complexity index is 619. The molecular weight excluding hydrogens is 264 g/mol. The number of rotatable bonds is 4. The van der Waals surface area contributed by atoms with Crippen molar-refractivity contribution in [3.8, 4) is 5.75 Å². The zero-order chi connectivity index (χ0) is 15.4. The Labute approximate surface area is 125 Å². The number of carbonyl (C=O) groups is 1. The summed E-state index contributed by atoms with van der Waals surface area (Å²) >= 11 is 0. The van der Waals surface area contributed by atoms with Crippen LogP contribution in [0.1, 0.15) is 39.5 Å². The van der Waals surface area contributed by atoms with Gasteiger partial charge in [0.1, 0.15) is 5.75 Å². The van der Waals surface area contributed by atoms with Crippen molar-refractivity contribution >= 4 is 5.97 Å². The molecule has 1 N–H and O–H groups in total. The average Bonchev–Trinajstić information content (AvgIpc) is 2.50. The zero-order valence-electron chi connectivity index (χ0n) is 12.6. The molecule has 0 spiro atoms. The Balaban J connectivity index is 2.22. The van der Waals surface area contributed by atoms with Gasteiger partial charge in [-0.2, -0.15) is 0 Å². The number of aliphatic hydroxyl groups is 1. The van der Waals surface area contributed by atoms with Gasteiger partial charge in [0, 0.05) is 0 Å². The Morgan fingerprint density at radius 2 is 1.62 bits per heavy atom.